The van der Waals surface area contributed by atoms with Crippen LogP contribution in [0.4, 0.5) is 11.4 Å². The third-order valence-electron chi connectivity index (χ3n) is 3.09. The van der Waals surface area contributed by atoms with Crippen LogP contribution in [0.25, 0.3) is 10.8 Å². The van der Waals surface area contributed by atoms with Crippen LogP contribution in [0, 0.1) is 0 Å². The molecule has 0 aliphatic carbocycles. The van der Waals surface area contributed by atoms with Gasteiger partial charge in [-0.25, -0.2) is 0 Å². The number of fused-ring (bicyclic) bond motifs is 1. The number of rotatable bonds is 2. The van der Waals surface area contributed by atoms with Crippen LogP contribution < -0.4 is 5.32 Å². The van der Waals surface area contributed by atoms with Crippen LogP contribution in [-0.4, -0.2) is 0 Å². The van der Waals surface area contributed by atoms with E-state index in [0.29, 0.717) is 0 Å². The first-order valence-electron chi connectivity index (χ1n) is 6.14. The zero-order valence-corrected chi connectivity index (χ0v) is 17.0. The van der Waals surface area contributed by atoms with Crippen molar-refractivity contribution in [3.63, 3.8) is 0 Å². The lowest BCUT2D eigenvalue weighted by Crippen LogP contribution is -1.93. The minimum absolute atomic E-state index is 0.994. The van der Waals surface area contributed by atoms with Gasteiger partial charge in [0.05, 0.1) is 5.69 Å². The van der Waals surface area contributed by atoms with Gasteiger partial charge in [-0.1, -0.05) is 56.1 Å². The molecule has 3 rings (SSSR count). The topological polar surface area (TPSA) is 12.0 Å². The fraction of sp³-hybridized carbons (Fsp3) is 0. The zero-order valence-electron chi connectivity index (χ0n) is 10.6. The molecule has 0 amide bonds. The van der Waals surface area contributed by atoms with E-state index in [1.807, 2.05) is 24.3 Å². The molecule has 3 aromatic carbocycles. The van der Waals surface area contributed by atoms with Crippen LogP contribution in [0.15, 0.2) is 66.4 Å². The summed E-state index contributed by atoms with van der Waals surface area (Å²) in [6.07, 6.45) is 0. The Morgan fingerprint density at radius 1 is 0.714 bits per heavy atom. The number of anilines is 2. The molecule has 0 bridgehead atoms. The van der Waals surface area contributed by atoms with Gasteiger partial charge in [-0.05, 0) is 66.9 Å². The third-order valence-corrected chi connectivity index (χ3v) is 5.45. The van der Waals surface area contributed by atoms with Crippen molar-refractivity contribution in [3.8, 4) is 0 Å². The van der Waals surface area contributed by atoms with E-state index in [1.54, 1.807) is 0 Å². The van der Waals surface area contributed by atoms with Crippen LogP contribution >= 0.6 is 63.7 Å². The molecule has 0 unspecified atom stereocenters. The molecule has 3 aromatic rings. The number of hydrogen-bond donors (Lipinski definition) is 1. The van der Waals surface area contributed by atoms with E-state index in [0.717, 1.165) is 29.3 Å². The van der Waals surface area contributed by atoms with Crippen molar-refractivity contribution < 1.29 is 0 Å². The van der Waals surface area contributed by atoms with Crippen molar-refractivity contribution in [2.24, 2.45) is 0 Å². The number of benzene rings is 3. The lowest BCUT2D eigenvalue weighted by atomic mass is 10.1. The predicted octanol–water partition coefficient (Wildman–Crippen LogP) is 7.63. The molecule has 0 heterocycles. The summed E-state index contributed by atoms with van der Waals surface area (Å²) in [5, 5.41) is 5.85. The maximum Gasteiger partial charge on any atom is 0.0673 e. The summed E-state index contributed by atoms with van der Waals surface area (Å²) in [5.74, 6) is 0. The summed E-state index contributed by atoms with van der Waals surface area (Å²) < 4.78 is 4.08. The largest absolute Gasteiger partial charge is 0.354 e. The fourth-order valence-electron chi connectivity index (χ4n) is 2.14. The quantitative estimate of drug-likeness (QED) is 0.356. The first-order valence-corrected chi connectivity index (χ1v) is 9.31. The molecule has 0 radical (unpaired) electrons. The fourth-order valence-corrected chi connectivity index (χ4v) is 5.21. The van der Waals surface area contributed by atoms with Gasteiger partial charge in [0.2, 0.25) is 0 Å². The normalized spacial score (nSPS) is 10.9. The molecular formula is C16H9Br4N. The Hall–Kier alpha value is -0.360. The van der Waals surface area contributed by atoms with E-state index < -0.39 is 0 Å². The van der Waals surface area contributed by atoms with Gasteiger partial charge in [0.1, 0.15) is 0 Å². The van der Waals surface area contributed by atoms with Crippen molar-refractivity contribution in [3.05, 3.63) is 66.4 Å². The molecule has 106 valence electrons. The van der Waals surface area contributed by atoms with Gasteiger partial charge in [-0.2, -0.15) is 0 Å². The minimum atomic E-state index is 0.994. The van der Waals surface area contributed by atoms with E-state index in [1.165, 1.54) is 10.8 Å². The lowest BCUT2D eigenvalue weighted by Gasteiger charge is -2.13. The Balaban J connectivity index is 2.07. The Morgan fingerprint density at radius 3 is 2.10 bits per heavy atom. The van der Waals surface area contributed by atoms with E-state index in [4.69, 9.17) is 0 Å². The van der Waals surface area contributed by atoms with Gasteiger partial charge in [-0.3, -0.25) is 0 Å². The molecule has 0 saturated heterocycles. The Bertz CT molecular complexity index is 807. The zero-order chi connectivity index (χ0) is 15.0. The summed E-state index contributed by atoms with van der Waals surface area (Å²) in [5.41, 5.74) is 2.03. The van der Waals surface area contributed by atoms with Gasteiger partial charge < -0.3 is 5.32 Å². The standard InChI is InChI=1S/C16H9Br4N/c17-10-6-14(19)16(15(20)7-10)21-11-5-9-3-1-2-4-12(9)13(18)8-11/h1-8,21H. The summed E-state index contributed by atoms with van der Waals surface area (Å²) >= 11 is 14.3. The number of hydrogen-bond acceptors (Lipinski definition) is 1. The molecule has 0 aliphatic heterocycles. The van der Waals surface area contributed by atoms with Crippen molar-refractivity contribution in [2.75, 3.05) is 5.32 Å². The molecule has 0 aromatic heterocycles. The lowest BCUT2D eigenvalue weighted by molar-refractivity contribution is 1.48. The molecule has 0 atom stereocenters. The highest BCUT2D eigenvalue weighted by Crippen LogP contribution is 2.37. The Morgan fingerprint density at radius 2 is 1.38 bits per heavy atom. The Kier molecular flexibility index (Phi) is 4.74. The van der Waals surface area contributed by atoms with Crippen molar-refractivity contribution in [1.29, 1.82) is 0 Å². The van der Waals surface area contributed by atoms with E-state index in [-0.39, 0.29) is 0 Å². The first-order chi connectivity index (χ1) is 10.0. The minimum Gasteiger partial charge on any atom is -0.354 e. The van der Waals surface area contributed by atoms with Crippen LogP contribution in [0.1, 0.15) is 0 Å². The SMILES string of the molecule is Brc1cc(Br)c(Nc2cc(Br)c3ccccc3c2)c(Br)c1. The molecule has 1 N–H and O–H groups in total. The predicted molar refractivity (Wildman–Crippen MR) is 104 cm³/mol. The van der Waals surface area contributed by atoms with Crippen LogP contribution in [0.2, 0.25) is 0 Å². The highest BCUT2D eigenvalue weighted by molar-refractivity contribution is 9.11. The molecule has 0 spiro atoms. The number of halogens is 4. The first kappa shape index (κ1) is 15.5. The van der Waals surface area contributed by atoms with Crippen LogP contribution in [0.5, 0.6) is 0 Å². The molecule has 0 aliphatic rings. The van der Waals surface area contributed by atoms with Crippen molar-refractivity contribution >= 4 is 85.9 Å². The number of nitrogens with one attached hydrogen (secondary N) is 1. The van der Waals surface area contributed by atoms with Gasteiger partial charge in [0, 0.05) is 23.6 Å². The molecule has 21 heavy (non-hydrogen) atoms. The average Bonchev–Trinajstić information content (AvgIpc) is 2.43. The highest BCUT2D eigenvalue weighted by atomic mass is 79.9. The summed E-state index contributed by atoms with van der Waals surface area (Å²) in [7, 11) is 0. The molecular weight excluding hydrogens is 526 g/mol. The van der Waals surface area contributed by atoms with Gasteiger partial charge >= 0.3 is 0 Å². The van der Waals surface area contributed by atoms with E-state index in [2.05, 4.69) is 93.3 Å². The van der Waals surface area contributed by atoms with Crippen molar-refractivity contribution in [1.82, 2.24) is 0 Å². The second kappa shape index (κ2) is 6.41. The van der Waals surface area contributed by atoms with E-state index in [9.17, 15) is 0 Å². The van der Waals surface area contributed by atoms with Gasteiger partial charge in [-0.15, -0.1) is 0 Å². The highest BCUT2D eigenvalue weighted by Gasteiger charge is 2.08. The molecule has 0 fully saturated rings. The van der Waals surface area contributed by atoms with E-state index >= 15 is 0 Å². The average molecular weight is 535 g/mol. The Labute approximate surface area is 156 Å². The van der Waals surface area contributed by atoms with Crippen LogP contribution in [-0.2, 0) is 0 Å². The molecule has 1 nitrogen and oxygen atoms in total. The summed E-state index contributed by atoms with van der Waals surface area (Å²) in [4.78, 5) is 0. The maximum atomic E-state index is 3.64. The van der Waals surface area contributed by atoms with Gasteiger partial charge in [0.15, 0.2) is 0 Å². The second-order valence-corrected chi connectivity index (χ2v) is 8.03. The second-order valence-electron chi connectivity index (χ2n) is 4.55. The smallest absolute Gasteiger partial charge is 0.0673 e. The van der Waals surface area contributed by atoms with Crippen molar-refractivity contribution in [2.45, 2.75) is 0 Å². The van der Waals surface area contributed by atoms with Gasteiger partial charge in [0.25, 0.3) is 0 Å². The summed E-state index contributed by atoms with van der Waals surface area (Å²) in [6.45, 7) is 0. The maximum absolute atomic E-state index is 3.64. The van der Waals surface area contributed by atoms with Crippen LogP contribution in [0.3, 0.4) is 0 Å². The summed E-state index contributed by atoms with van der Waals surface area (Å²) in [6, 6.07) is 16.6. The monoisotopic (exact) mass is 531 g/mol. The third kappa shape index (κ3) is 3.36. The molecule has 0 saturated carbocycles. The molecule has 5 heteroatoms.